The van der Waals surface area contributed by atoms with E-state index in [1.54, 1.807) is 43.0 Å². The molecule has 2 aromatic rings. The number of thioether (sulfide) groups is 1. The number of amides is 1. The summed E-state index contributed by atoms with van der Waals surface area (Å²) >= 11 is 13.5. The molecular weight excluding hydrogens is 451 g/mol. The highest BCUT2D eigenvalue weighted by molar-refractivity contribution is 7.98. The number of nitrogens with zero attached hydrogens (tertiary/aromatic N) is 1. The fraction of sp³-hybridized carbons (Fsp3) is 0.350. The van der Waals surface area contributed by atoms with Crippen molar-refractivity contribution in [3.8, 4) is 0 Å². The van der Waals surface area contributed by atoms with Gasteiger partial charge in [-0.15, -0.1) is 0 Å². The summed E-state index contributed by atoms with van der Waals surface area (Å²) in [5.74, 6) is 1.17. The molecule has 1 N–H and O–H groups in total. The lowest BCUT2D eigenvalue weighted by Gasteiger charge is -2.30. The van der Waals surface area contributed by atoms with E-state index >= 15 is 0 Å². The zero-order valence-electron chi connectivity index (χ0n) is 16.3. The molecule has 5 nitrogen and oxygen atoms in total. The molecule has 2 rings (SSSR count). The largest absolute Gasteiger partial charge is 0.353 e. The SMILES string of the molecule is CC[C@H](C(=O)NCCSCc1cccc(Cl)c1)N(c1ccc(Cl)cc1)S(C)(=O)=O. The topological polar surface area (TPSA) is 66.5 Å². The second-order valence-corrected chi connectivity index (χ2v) is 10.3. The van der Waals surface area contributed by atoms with Gasteiger partial charge in [0, 0.05) is 28.1 Å². The van der Waals surface area contributed by atoms with Crippen molar-refractivity contribution >= 4 is 56.6 Å². The van der Waals surface area contributed by atoms with E-state index in [1.165, 1.54) is 0 Å². The molecule has 9 heteroatoms. The van der Waals surface area contributed by atoms with Gasteiger partial charge in [-0.05, 0) is 48.4 Å². The van der Waals surface area contributed by atoms with Crippen LogP contribution in [0.4, 0.5) is 5.69 Å². The average Bonchev–Trinajstić information content (AvgIpc) is 2.65. The molecule has 2 aromatic carbocycles. The normalized spacial score (nSPS) is 12.4. The summed E-state index contributed by atoms with van der Waals surface area (Å²) in [6.45, 7) is 2.23. The Kier molecular flexibility index (Phi) is 9.14. The molecule has 0 saturated carbocycles. The van der Waals surface area contributed by atoms with Gasteiger partial charge in [-0.1, -0.05) is 42.3 Å². The number of hydrogen-bond acceptors (Lipinski definition) is 4. The van der Waals surface area contributed by atoms with Crippen LogP contribution in [0.2, 0.25) is 10.0 Å². The maximum atomic E-state index is 12.7. The zero-order chi connectivity index (χ0) is 21.4. The summed E-state index contributed by atoms with van der Waals surface area (Å²) < 4.78 is 25.9. The molecule has 0 bridgehead atoms. The number of hydrogen-bond donors (Lipinski definition) is 1. The number of rotatable bonds is 10. The maximum absolute atomic E-state index is 12.7. The van der Waals surface area contributed by atoms with Gasteiger partial charge >= 0.3 is 0 Å². The molecule has 0 spiro atoms. The monoisotopic (exact) mass is 474 g/mol. The van der Waals surface area contributed by atoms with Crippen LogP contribution in [-0.4, -0.2) is 38.9 Å². The molecule has 1 amide bonds. The molecule has 0 fully saturated rings. The van der Waals surface area contributed by atoms with Crippen molar-refractivity contribution in [3.05, 3.63) is 64.1 Å². The average molecular weight is 475 g/mol. The summed E-state index contributed by atoms with van der Waals surface area (Å²) in [6.07, 6.45) is 1.44. The van der Waals surface area contributed by atoms with Crippen LogP contribution in [0.25, 0.3) is 0 Å². The van der Waals surface area contributed by atoms with E-state index < -0.39 is 16.1 Å². The maximum Gasteiger partial charge on any atom is 0.243 e. The first-order valence-corrected chi connectivity index (χ1v) is 12.8. The zero-order valence-corrected chi connectivity index (χ0v) is 19.4. The molecule has 0 aliphatic heterocycles. The van der Waals surface area contributed by atoms with Crippen molar-refractivity contribution < 1.29 is 13.2 Å². The first-order valence-electron chi connectivity index (χ1n) is 9.07. The Bertz CT molecular complexity index is 922. The lowest BCUT2D eigenvalue weighted by atomic mass is 10.2. The van der Waals surface area contributed by atoms with Crippen LogP contribution in [0.15, 0.2) is 48.5 Å². The van der Waals surface area contributed by atoms with E-state index in [4.69, 9.17) is 23.2 Å². The van der Waals surface area contributed by atoms with Crippen molar-refractivity contribution in [1.29, 1.82) is 0 Å². The Hall–Kier alpha value is -1.41. The Morgan fingerprint density at radius 2 is 1.83 bits per heavy atom. The van der Waals surface area contributed by atoms with Crippen LogP contribution in [0, 0.1) is 0 Å². The van der Waals surface area contributed by atoms with E-state index in [2.05, 4.69) is 5.32 Å². The molecule has 1 atom stereocenters. The minimum absolute atomic E-state index is 0.323. The van der Waals surface area contributed by atoms with Gasteiger partial charge in [-0.25, -0.2) is 8.42 Å². The quantitative estimate of drug-likeness (QED) is 0.511. The molecule has 0 radical (unpaired) electrons. The molecule has 0 heterocycles. The van der Waals surface area contributed by atoms with Crippen LogP contribution in [-0.2, 0) is 20.6 Å². The second-order valence-electron chi connectivity index (χ2n) is 6.43. The van der Waals surface area contributed by atoms with Crippen LogP contribution < -0.4 is 9.62 Å². The number of anilines is 1. The lowest BCUT2D eigenvalue weighted by molar-refractivity contribution is -0.122. The predicted octanol–water partition coefficient (Wildman–Crippen LogP) is 4.59. The van der Waals surface area contributed by atoms with Gasteiger partial charge in [0.05, 0.1) is 11.9 Å². The van der Waals surface area contributed by atoms with Gasteiger partial charge in [-0.2, -0.15) is 11.8 Å². The van der Waals surface area contributed by atoms with Crippen molar-refractivity contribution in [2.24, 2.45) is 0 Å². The first kappa shape index (κ1) is 23.9. The summed E-state index contributed by atoms with van der Waals surface area (Å²) in [5.41, 5.74) is 1.53. The van der Waals surface area contributed by atoms with Crippen LogP contribution in [0.5, 0.6) is 0 Å². The molecule has 0 aromatic heterocycles. The Morgan fingerprint density at radius 3 is 2.41 bits per heavy atom. The summed E-state index contributed by atoms with van der Waals surface area (Å²) in [5, 5.41) is 4.04. The summed E-state index contributed by atoms with van der Waals surface area (Å²) in [6, 6.07) is 13.2. The molecule has 0 aliphatic rings. The van der Waals surface area contributed by atoms with Crippen molar-refractivity contribution in [1.82, 2.24) is 5.32 Å². The third-order valence-electron chi connectivity index (χ3n) is 4.11. The van der Waals surface area contributed by atoms with Crippen molar-refractivity contribution in [2.45, 2.75) is 25.1 Å². The van der Waals surface area contributed by atoms with E-state index in [9.17, 15) is 13.2 Å². The van der Waals surface area contributed by atoms with Crippen LogP contribution in [0.1, 0.15) is 18.9 Å². The summed E-state index contributed by atoms with van der Waals surface area (Å²) in [7, 11) is -3.65. The number of carbonyl (C=O) groups is 1. The van der Waals surface area contributed by atoms with Crippen molar-refractivity contribution in [2.75, 3.05) is 22.9 Å². The van der Waals surface area contributed by atoms with E-state index in [1.807, 2.05) is 24.3 Å². The van der Waals surface area contributed by atoms with E-state index in [-0.39, 0.29) is 5.91 Å². The van der Waals surface area contributed by atoms with Gasteiger partial charge in [0.15, 0.2) is 0 Å². The number of nitrogens with one attached hydrogen (secondary N) is 1. The highest BCUT2D eigenvalue weighted by Crippen LogP contribution is 2.24. The van der Waals surface area contributed by atoms with Gasteiger partial charge in [-0.3, -0.25) is 9.10 Å². The Balaban J connectivity index is 1.95. The molecule has 0 unspecified atom stereocenters. The standard InChI is InChI=1S/C20H24Cl2N2O3S2/c1-3-19(24(29(2,26)27)18-9-7-16(21)8-10-18)20(25)23-11-12-28-14-15-5-4-6-17(22)13-15/h4-10,13,19H,3,11-12,14H2,1-2H3,(H,23,25)/t19-/m1/s1. The van der Waals surface area contributed by atoms with Crippen LogP contribution in [0.3, 0.4) is 0 Å². The van der Waals surface area contributed by atoms with Crippen molar-refractivity contribution in [3.63, 3.8) is 0 Å². The van der Waals surface area contributed by atoms with Gasteiger partial charge < -0.3 is 5.32 Å². The Morgan fingerprint density at radius 1 is 1.14 bits per heavy atom. The van der Waals surface area contributed by atoms with E-state index in [0.29, 0.717) is 34.5 Å². The summed E-state index contributed by atoms with van der Waals surface area (Å²) in [4.78, 5) is 12.7. The molecular formula is C20H24Cl2N2O3S2. The fourth-order valence-corrected chi connectivity index (χ4v) is 5.19. The van der Waals surface area contributed by atoms with Gasteiger partial charge in [0.25, 0.3) is 0 Å². The number of halogens is 2. The molecule has 0 saturated heterocycles. The van der Waals surface area contributed by atoms with Gasteiger partial charge in [0.1, 0.15) is 6.04 Å². The third-order valence-corrected chi connectivity index (χ3v) is 6.81. The molecule has 0 aliphatic carbocycles. The highest BCUT2D eigenvalue weighted by Gasteiger charge is 2.31. The number of benzene rings is 2. The smallest absolute Gasteiger partial charge is 0.243 e. The first-order chi connectivity index (χ1) is 13.7. The number of carbonyl (C=O) groups excluding carboxylic acids is 1. The van der Waals surface area contributed by atoms with Gasteiger partial charge in [0.2, 0.25) is 15.9 Å². The number of sulfonamides is 1. The molecule has 158 valence electrons. The van der Waals surface area contributed by atoms with Crippen LogP contribution >= 0.6 is 35.0 Å². The minimum atomic E-state index is -3.65. The van der Waals surface area contributed by atoms with E-state index in [0.717, 1.165) is 21.9 Å². The molecule has 29 heavy (non-hydrogen) atoms. The second kappa shape index (κ2) is 11.1. The Labute approximate surface area is 186 Å². The predicted molar refractivity (Wildman–Crippen MR) is 123 cm³/mol. The fourth-order valence-electron chi connectivity index (χ4n) is 2.83. The highest BCUT2D eigenvalue weighted by atomic mass is 35.5. The minimum Gasteiger partial charge on any atom is -0.353 e. The lowest BCUT2D eigenvalue weighted by Crippen LogP contribution is -2.49. The third kappa shape index (κ3) is 7.41.